The molecule has 58 heavy (non-hydrogen) atoms. The minimum absolute atomic E-state index is 0. The van der Waals surface area contributed by atoms with Gasteiger partial charge in [0.25, 0.3) is 0 Å². The number of nitrogens with zero attached hydrogens (tertiary/aromatic N) is 2. The fraction of sp³-hybridized carbons (Fsp3) is 0.0541. The number of pyridine rings is 2. The molecule has 2 heterocycles. The van der Waals surface area contributed by atoms with Crippen LogP contribution in [0.3, 0.4) is 0 Å². The number of aromatic nitrogens is 2. The van der Waals surface area contributed by atoms with Gasteiger partial charge in [0.1, 0.15) is 46.3 Å². The number of benzene rings is 4. The van der Waals surface area contributed by atoms with Gasteiger partial charge in [0.15, 0.2) is 52.4 Å². The van der Waals surface area contributed by atoms with Crippen LogP contribution in [0.15, 0.2) is 67.0 Å². The van der Waals surface area contributed by atoms with E-state index in [2.05, 4.69) is 35.9 Å². The van der Waals surface area contributed by atoms with Gasteiger partial charge < -0.3 is 5.02 Å². The summed E-state index contributed by atoms with van der Waals surface area (Å²) >= 11 is 0. The molecule has 0 bridgehead atoms. The van der Waals surface area contributed by atoms with Crippen molar-refractivity contribution in [1.29, 1.82) is 0 Å². The summed E-state index contributed by atoms with van der Waals surface area (Å²) in [5.74, 6) is -48.0. The number of ketones is 1. The van der Waals surface area contributed by atoms with Crippen LogP contribution in [-0.2, 0) is 21.1 Å². The van der Waals surface area contributed by atoms with Gasteiger partial charge in [-0.3, -0.25) is 14.8 Å². The van der Waals surface area contributed by atoms with E-state index >= 15 is 0 Å². The van der Waals surface area contributed by atoms with Gasteiger partial charge in [0.05, 0.1) is 0 Å². The molecule has 21 heteroatoms. The van der Waals surface area contributed by atoms with Crippen LogP contribution in [0.5, 0.6) is 0 Å². The van der Waals surface area contributed by atoms with Gasteiger partial charge in [-0.15, -0.1) is 0 Å². The van der Waals surface area contributed by atoms with Crippen molar-refractivity contribution < 1.29 is 96.7 Å². The molecule has 4 aromatic carbocycles. The molecular weight excluding hydrogens is 995 g/mol. The molecule has 0 aliphatic heterocycles. The fourth-order valence-electron chi connectivity index (χ4n) is 5.12. The first-order valence-corrected chi connectivity index (χ1v) is 15.4. The van der Waals surface area contributed by atoms with Crippen LogP contribution in [0.1, 0.15) is 27.3 Å². The van der Waals surface area contributed by atoms with E-state index in [4.69, 9.17) is 0 Å². The average molecular weight is 1010 g/mol. The van der Waals surface area contributed by atoms with Crippen LogP contribution in [0.4, 0.5) is 65.9 Å². The molecular formula is C37H18BF15N2O2Pt. The zero-order valence-electron chi connectivity index (χ0n) is 28.7. The maximum Gasteiger partial charge on any atom is 2.00 e. The fourth-order valence-corrected chi connectivity index (χ4v) is 5.12. The van der Waals surface area contributed by atoms with Crippen LogP contribution in [0, 0.1) is 107 Å². The smallest absolute Gasteiger partial charge is 0.594 e. The van der Waals surface area contributed by atoms with Gasteiger partial charge in [0.2, 0.25) is 12.1 Å². The van der Waals surface area contributed by atoms with E-state index in [0.29, 0.717) is 11.4 Å². The quantitative estimate of drug-likeness (QED) is 0.0485. The molecule has 0 aliphatic rings. The maximum atomic E-state index is 14.5. The summed E-state index contributed by atoms with van der Waals surface area (Å²) in [6, 6.07) is 19.5. The van der Waals surface area contributed by atoms with Crippen molar-refractivity contribution in [2.75, 3.05) is 0 Å². The van der Waals surface area contributed by atoms with Crippen molar-refractivity contribution in [3.05, 3.63) is 183 Å². The molecule has 6 aromatic rings. The van der Waals surface area contributed by atoms with E-state index in [9.17, 15) is 75.7 Å². The molecule has 4 nitrogen and oxygen atoms in total. The van der Waals surface area contributed by atoms with Crippen molar-refractivity contribution in [3.63, 3.8) is 0 Å². The molecule has 1 N–H and O–H groups in total. The largest absolute Gasteiger partial charge is 2.00 e. The number of hydrogen-bond donors (Lipinski definition) is 1. The third-order valence-electron chi connectivity index (χ3n) is 8.13. The molecule has 0 saturated heterocycles. The van der Waals surface area contributed by atoms with Gasteiger partial charge in [-0.25, -0.2) is 65.9 Å². The molecule has 0 aliphatic carbocycles. The predicted octanol–water partition coefficient (Wildman–Crippen LogP) is 7.54. The monoisotopic (exact) mass is 1010 g/mol. The second-order valence-electron chi connectivity index (χ2n) is 11.5. The number of halogens is 15. The normalized spacial score (nSPS) is 10.9. The summed E-state index contributed by atoms with van der Waals surface area (Å²) in [7, 11) is 0. The Morgan fingerprint density at radius 1 is 0.483 bits per heavy atom. The third kappa shape index (κ3) is 8.67. The molecule has 0 atom stereocenters. The van der Waals surface area contributed by atoms with Crippen molar-refractivity contribution >= 4 is 28.5 Å². The zero-order chi connectivity index (χ0) is 42.7. The number of rotatable bonds is 5. The van der Waals surface area contributed by atoms with E-state index in [1.165, 1.54) is 11.1 Å². The van der Waals surface area contributed by atoms with Crippen molar-refractivity contribution in [3.8, 4) is 0 Å². The molecule has 306 valence electrons. The first kappa shape index (κ1) is 46.9. The number of aryl methyl sites for hydroxylation is 2. The summed E-state index contributed by atoms with van der Waals surface area (Å²) in [6.45, 7) is 4.19. The Morgan fingerprint density at radius 2 is 0.776 bits per heavy atom. The van der Waals surface area contributed by atoms with Crippen molar-refractivity contribution in [1.82, 2.24) is 9.97 Å². The molecule has 0 unspecified atom stereocenters. The summed E-state index contributed by atoms with van der Waals surface area (Å²) < 4.78 is 210. The van der Waals surface area contributed by atoms with Crippen LogP contribution >= 0.6 is 0 Å². The van der Waals surface area contributed by atoms with Crippen LogP contribution in [-0.4, -0.2) is 27.1 Å². The number of hydrogen-bond acceptors (Lipinski definition) is 4. The summed E-state index contributed by atoms with van der Waals surface area (Å²) in [5, 5.41) is 10.8. The third-order valence-corrected chi connectivity index (χ3v) is 8.13. The van der Waals surface area contributed by atoms with Gasteiger partial charge in [-0.1, -0.05) is 42.4 Å². The first-order chi connectivity index (χ1) is 26.7. The Bertz CT molecular complexity index is 2180. The molecule has 0 fully saturated rings. The van der Waals surface area contributed by atoms with Gasteiger partial charge >= 0.3 is 21.1 Å². The number of carbonyl (C=O) groups is 1. The molecule has 2 aromatic heterocycles. The van der Waals surface area contributed by atoms with E-state index in [1.807, 2.05) is 12.1 Å². The minimum Gasteiger partial charge on any atom is -0.594 e. The average Bonchev–Trinajstić information content (AvgIpc) is 3.21. The minimum atomic E-state index is -6.41. The van der Waals surface area contributed by atoms with Crippen LogP contribution in [0.2, 0.25) is 0 Å². The second kappa shape index (κ2) is 18.8. The number of carbonyl (C=O) groups excluding carboxylic acids is 1. The Morgan fingerprint density at radius 3 is 1.00 bits per heavy atom. The van der Waals surface area contributed by atoms with E-state index in [-0.39, 0.29) is 26.8 Å². The summed E-state index contributed by atoms with van der Waals surface area (Å²) in [6.07, 6.45) is -3.23. The van der Waals surface area contributed by atoms with Gasteiger partial charge in [0, 0.05) is 12.4 Å². The van der Waals surface area contributed by atoms with Crippen LogP contribution < -0.4 is 16.4 Å². The summed E-state index contributed by atoms with van der Waals surface area (Å²) in [5.41, 5.74) is -5.73. The van der Waals surface area contributed by atoms with Crippen molar-refractivity contribution in [2.24, 2.45) is 0 Å². The van der Waals surface area contributed by atoms with E-state index in [1.54, 1.807) is 48.8 Å². The SMILES string of the molecule is Cc1c[c-]ccc1C.O=C(c1ccccn1)c1ccccn1.O[B-](c1c(F)c(F)c(F)c(F)c1F)(c1c(F)c(F)c(F)c(F)c1F)c1c(F)c(F)c(F)c(F)c1F.[Pt+2]. The Labute approximate surface area is 331 Å². The second-order valence-corrected chi connectivity index (χ2v) is 11.5. The zero-order valence-corrected chi connectivity index (χ0v) is 30.9. The Balaban J connectivity index is 0.000000316. The van der Waals surface area contributed by atoms with Crippen LogP contribution in [0.25, 0.3) is 0 Å². The first-order valence-electron chi connectivity index (χ1n) is 15.4. The van der Waals surface area contributed by atoms with Gasteiger partial charge in [-0.2, -0.15) is 35.4 Å². The van der Waals surface area contributed by atoms with E-state index < -0.39 is 110 Å². The molecule has 0 saturated carbocycles. The Hall–Kier alpha value is -5.49. The topological polar surface area (TPSA) is 63.1 Å². The summed E-state index contributed by atoms with van der Waals surface area (Å²) in [4.78, 5) is 19.7. The molecule has 6 rings (SSSR count). The van der Waals surface area contributed by atoms with Gasteiger partial charge in [-0.05, 0) is 24.3 Å². The standard InChI is InChI=1S/C18HBF15O.C11H8N2O.C8H9.Pt/c20-4-1(5(21)11(27)16(32)10(4)26)19(35,2-6(22)12(28)17(33)13(29)7(2)23)3-8(24)14(30)18(34)15(31)9(3)25;14-11(9-5-1-3-7-12-9)10-6-2-4-8-13-10;1-7-5-3-4-6-8(7)2;/h35H;1-8H;3,5-6H,1-2H3;/q-1;;-1;+2. The predicted molar refractivity (Wildman–Crippen MR) is 172 cm³/mol. The molecule has 0 amide bonds. The molecule has 0 radical (unpaired) electrons. The maximum absolute atomic E-state index is 14.5. The van der Waals surface area contributed by atoms with E-state index in [0.717, 1.165) is 0 Å². The van der Waals surface area contributed by atoms with Crippen molar-refractivity contribution in [2.45, 2.75) is 13.8 Å². The molecule has 0 spiro atoms. The Kier molecular flexibility index (Phi) is 15.2.